The molecule has 1 amide bonds. The van der Waals surface area contributed by atoms with Gasteiger partial charge >= 0.3 is 5.97 Å². The molecule has 9 nitrogen and oxygen atoms in total. The van der Waals surface area contributed by atoms with Crippen LogP contribution in [0.4, 0.5) is 0 Å². The fourth-order valence-electron chi connectivity index (χ4n) is 6.68. The Bertz CT molecular complexity index is 770. The molecule has 6 rings (SSSR count). The molecule has 1 N–H and O–H groups in total. The third-order valence-corrected chi connectivity index (χ3v) is 8.70. The van der Waals surface area contributed by atoms with Crippen molar-refractivity contribution >= 4 is 11.9 Å². The Hall–Kier alpha value is -1.26. The number of carbonyl (C=O) groups is 2. The van der Waals surface area contributed by atoms with Crippen LogP contribution < -0.4 is 0 Å². The van der Waals surface area contributed by atoms with E-state index in [0.717, 1.165) is 25.7 Å². The molecule has 6 aliphatic rings. The molecule has 0 unspecified atom stereocenters. The number of esters is 1. The van der Waals surface area contributed by atoms with Crippen LogP contribution in [0.15, 0.2) is 0 Å². The van der Waals surface area contributed by atoms with Crippen molar-refractivity contribution in [3.8, 4) is 0 Å². The molecule has 5 aliphatic heterocycles. The van der Waals surface area contributed by atoms with E-state index in [0.29, 0.717) is 31.8 Å². The molecule has 0 radical (unpaired) electrons. The summed E-state index contributed by atoms with van der Waals surface area (Å²) < 4.78 is 18.3. The van der Waals surface area contributed by atoms with Crippen molar-refractivity contribution < 1.29 is 38.7 Å². The summed E-state index contributed by atoms with van der Waals surface area (Å²) in [7, 11) is 0. The van der Waals surface area contributed by atoms with E-state index in [1.54, 1.807) is 4.90 Å². The first-order valence-corrected chi connectivity index (χ1v) is 12.6. The molecule has 1 aliphatic carbocycles. The van der Waals surface area contributed by atoms with Gasteiger partial charge in [0.05, 0.1) is 12.5 Å². The maximum Gasteiger partial charge on any atom is 0.308 e. The minimum absolute atomic E-state index is 0.00276. The van der Waals surface area contributed by atoms with Crippen LogP contribution in [0.1, 0.15) is 72.1 Å². The van der Waals surface area contributed by atoms with E-state index in [1.165, 1.54) is 0 Å². The third kappa shape index (κ3) is 4.10. The zero-order chi connectivity index (χ0) is 23.4. The van der Waals surface area contributed by atoms with Crippen molar-refractivity contribution in [1.82, 2.24) is 4.90 Å². The molecule has 33 heavy (non-hydrogen) atoms. The number of amides is 1. The first-order valence-electron chi connectivity index (χ1n) is 12.6. The van der Waals surface area contributed by atoms with Gasteiger partial charge < -0.3 is 24.2 Å². The van der Waals surface area contributed by atoms with Crippen molar-refractivity contribution in [1.29, 1.82) is 0 Å². The molecule has 1 spiro atoms. The van der Waals surface area contributed by atoms with Crippen LogP contribution in [0.3, 0.4) is 0 Å². The van der Waals surface area contributed by atoms with Gasteiger partial charge in [-0.3, -0.25) is 9.59 Å². The smallest absolute Gasteiger partial charge is 0.308 e. The molecule has 5 heterocycles. The molecule has 186 valence electrons. The lowest BCUT2D eigenvalue weighted by atomic mass is 9.58. The Morgan fingerprint density at radius 1 is 1.03 bits per heavy atom. The van der Waals surface area contributed by atoms with Gasteiger partial charge in [-0.2, -0.15) is 0 Å². The second-order valence-electron chi connectivity index (χ2n) is 10.9. The number of aliphatic hydroxyl groups excluding tert-OH is 1. The summed E-state index contributed by atoms with van der Waals surface area (Å²) in [5.41, 5.74) is -0.690. The Morgan fingerprint density at radius 3 is 2.55 bits per heavy atom. The van der Waals surface area contributed by atoms with Crippen molar-refractivity contribution in [3.05, 3.63) is 0 Å². The Labute approximate surface area is 194 Å². The number of fused-ring (bicyclic) bond motifs is 2. The second kappa shape index (κ2) is 8.75. The van der Waals surface area contributed by atoms with Gasteiger partial charge in [-0.25, -0.2) is 9.78 Å². The fraction of sp³-hybridized carbons (Fsp3) is 0.917. The lowest BCUT2D eigenvalue weighted by Crippen LogP contribution is -2.70. The number of ether oxygens (including phenoxy) is 3. The summed E-state index contributed by atoms with van der Waals surface area (Å²) >= 11 is 0. The minimum Gasteiger partial charge on any atom is -0.435 e. The number of nitrogens with zero attached hydrogens (tertiary/aromatic N) is 1. The van der Waals surface area contributed by atoms with Crippen molar-refractivity contribution in [3.63, 3.8) is 0 Å². The van der Waals surface area contributed by atoms with Gasteiger partial charge in [-0.15, -0.1) is 0 Å². The number of rotatable bonds is 4. The Balaban J connectivity index is 1.24. The SMILES string of the molecule is C[C@H]1[C@H](OC(=O)CCC(=O)N2CCC(O)CC2)O[C@@H]2O[C@@]3(C)CC[C@@H]4[C@H](C)CC[C@@H]1[C@@]24OO3. The normalized spacial score (nSPS) is 45.3. The second-order valence-corrected chi connectivity index (χ2v) is 10.9. The summed E-state index contributed by atoms with van der Waals surface area (Å²) in [5.74, 6) is -0.688. The monoisotopic (exact) mass is 467 g/mol. The topological polar surface area (TPSA) is 104 Å². The van der Waals surface area contributed by atoms with E-state index < -0.39 is 29.9 Å². The van der Waals surface area contributed by atoms with Gasteiger partial charge in [0.1, 0.15) is 0 Å². The summed E-state index contributed by atoms with van der Waals surface area (Å²) in [5, 5.41) is 9.61. The van der Waals surface area contributed by atoms with Gasteiger partial charge in [0.15, 0.2) is 11.9 Å². The van der Waals surface area contributed by atoms with Crippen LogP contribution in [0, 0.1) is 23.7 Å². The summed E-state index contributed by atoms with van der Waals surface area (Å²) in [6.45, 7) is 7.22. The maximum absolute atomic E-state index is 12.7. The molecule has 5 saturated heterocycles. The van der Waals surface area contributed by atoms with E-state index in [4.69, 9.17) is 24.0 Å². The minimum atomic E-state index is -0.874. The van der Waals surface area contributed by atoms with Crippen LogP contribution >= 0.6 is 0 Å². The maximum atomic E-state index is 12.7. The van der Waals surface area contributed by atoms with Gasteiger partial charge in [-0.1, -0.05) is 13.8 Å². The fourth-order valence-corrected chi connectivity index (χ4v) is 6.68. The third-order valence-electron chi connectivity index (χ3n) is 8.70. The zero-order valence-electron chi connectivity index (χ0n) is 19.9. The van der Waals surface area contributed by atoms with Crippen LogP contribution in [0.5, 0.6) is 0 Å². The highest BCUT2D eigenvalue weighted by Gasteiger charge is 2.69. The number of likely N-dealkylation sites (tertiary alicyclic amines) is 1. The summed E-state index contributed by atoms with van der Waals surface area (Å²) in [6, 6.07) is 0. The van der Waals surface area contributed by atoms with E-state index in [1.807, 2.05) is 13.8 Å². The van der Waals surface area contributed by atoms with Crippen LogP contribution in [0.25, 0.3) is 0 Å². The first-order chi connectivity index (χ1) is 15.7. The average molecular weight is 468 g/mol. The number of hydrogen-bond acceptors (Lipinski definition) is 8. The average Bonchev–Trinajstić information content (AvgIpc) is 3.02. The van der Waals surface area contributed by atoms with Gasteiger partial charge in [0.2, 0.25) is 18.0 Å². The van der Waals surface area contributed by atoms with Gasteiger partial charge in [-0.05, 0) is 50.9 Å². The molecule has 1 saturated carbocycles. The highest BCUT2D eigenvalue weighted by molar-refractivity contribution is 5.81. The van der Waals surface area contributed by atoms with Crippen LogP contribution in [0.2, 0.25) is 0 Å². The van der Waals surface area contributed by atoms with E-state index in [9.17, 15) is 14.7 Å². The predicted molar refractivity (Wildman–Crippen MR) is 114 cm³/mol. The highest BCUT2D eigenvalue weighted by atomic mass is 17.3. The van der Waals surface area contributed by atoms with Gasteiger partial charge in [0.25, 0.3) is 0 Å². The van der Waals surface area contributed by atoms with Crippen molar-refractivity contribution in [2.75, 3.05) is 13.1 Å². The lowest BCUT2D eigenvalue weighted by Gasteiger charge is -2.59. The zero-order valence-corrected chi connectivity index (χ0v) is 19.9. The number of carbonyl (C=O) groups excluding carboxylic acids is 2. The quantitative estimate of drug-likeness (QED) is 0.497. The van der Waals surface area contributed by atoms with Crippen molar-refractivity contribution in [2.45, 2.75) is 102 Å². The number of aliphatic hydroxyl groups is 1. The lowest BCUT2D eigenvalue weighted by molar-refractivity contribution is -0.576. The van der Waals surface area contributed by atoms with Crippen molar-refractivity contribution in [2.24, 2.45) is 23.7 Å². The molecule has 0 aromatic heterocycles. The molecule has 2 bridgehead atoms. The molecule has 0 aromatic carbocycles. The standard InChI is InChI=1S/C24H37NO8/c1-14-4-5-18-15(2)21(29-20(28)7-6-19(27)25-12-9-16(26)10-13-25)30-22-24(18)17(14)8-11-23(3,31-22)32-33-24/h14-18,21-22,26H,4-13H2,1-3H3/t14-,15-,17-,18+,21-,22-,23-,24-/m1/s1. The molecular formula is C24H37NO8. The molecule has 0 aromatic rings. The molecule has 9 heteroatoms. The summed E-state index contributed by atoms with van der Waals surface area (Å²) in [6.07, 6.45) is 3.19. The van der Waals surface area contributed by atoms with Crippen LogP contribution in [-0.2, 0) is 33.6 Å². The molecule has 8 atom stereocenters. The first kappa shape index (κ1) is 23.5. The highest BCUT2D eigenvalue weighted by Crippen LogP contribution is 2.60. The number of piperidine rings is 1. The summed E-state index contributed by atoms with van der Waals surface area (Å²) in [4.78, 5) is 38.7. The molecule has 6 fully saturated rings. The van der Waals surface area contributed by atoms with E-state index >= 15 is 0 Å². The van der Waals surface area contributed by atoms with Gasteiger partial charge in [0, 0.05) is 37.8 Å². The van der Waals surface area contributed by atoms with Crippen LogP contribution in [-0.4, -0.2) is 65.0 Å². The van der Waals surface area contributed by atoms with E-state index in [2.05, 4.69) is 6.92 Å². The Kier molecular flexibility index (Phi) is 6.23. The van der Waals surface area contributed by atoms with E-state index in [-0.39, 0.29) is 42.6 Å². The predicted octanol–water partition coefficient (Wildman–Crippen LogP) is 2.50. The Morgan fingerprint density at radius 2 is 1.79 bits per heavy atom. The largest absolute Gasteiger partial charge is 0.435 e. The number of hydrogen-bond donors (Lipinski definition) is 1. The molecular weight excluding hydrogens is 430 g/mol.